The number of aromatic amines is 1. The number of aromatic nitrogens is 2. The SMILES string of the molecule is CCCCCCCCCCCCCCCCCCCCCCC(O)C(=O)[O-].O=C([O-])C=Cc1c[nH]cn1.[Mn+2]. The van der Waals surface area contributed by atoms with Gasteiger partial charge >= 0.3 is 17.1 Å². The summed E-state index contributed by atoms with van der Waals surface area (Å²) < 4.78 is 0. The van der Waals surface area contributed by atoms with Crippen LogP contribution in [-0.4, -0.2) is 33.1 Å². The molecule has 0 fully saturated rings. The van der Waals surface area contributed by atoms with Crippen molar-refractivity contribution in [1.29, 1.82) is 0 Å². The summed E-state index contributed by atoms with van der Waals surface area (Å²) in [6, 6.07) is 0. The van der Waals surface area contributed by atoms with Gasteiger partial charge in [-0.3, -0.25) is 0 Å². The Labute approximate surface area is 241 Å². The first kappa shape index (κ1) is 38.5. The summed E-state index contributed by atoms with van der Waals surface area (Å²) in [6.45, 7) is 2.28. The number of hydrogen-bond acceptors (Lipinski definition) is 6. The fraction of sp³-hybridized carbons (Fsp3) is 0.767. The Balaban J connectivity index is 0. The number of nitrogens with one attached hydrogen (secondary N) is 1. The van der Waals surface area contributed by atoms with Crippen LogP contribution >= 0.6 is 0 Å². The summed E-state index contributed by atoms with van der Waals surface area (Å²) in [6.07, 6.45) is 31.0. The van der Waals surface area contributed by atoms with E-state index in [9.17, 15) is 19.8 Å². The second-order valence-electron chi connectivity index (χ2n) is 9.99. The maximum Gasteiger partial charge on any atom is 2.00 e. The summed E-state index contributed by atoms with van der Waals surface area (Å²) in [5.41, 5.74) is 0.573. The van der Waals surface area contributed by atoms with E-state index >= 15 is 0 Å². The van der Waals surface area contributed by atoms with Gasteiger partial charge in [-0.25, -0.2) is 4.98 Å². The Morgan fingerprint density at radius 1 is 0.789 bits per heavy atom. The molecule has 1 atom stereocenters. The van der Waals surface area contributed by atoms with Crippen molar-refractivity contribution in [2.75, 3.05) is 0 Å². The maximum atomic E-state index is 10.4. The molecule has 1 aromatic rings. The molecule has 1 rings (SSSR count). The van der Waals surface area contributed by atoms with Crippen molar-refractivity contribution in [2.24, 2.45) is 0 Å². The number of carboxylic acids is 2. The van der Waals surface area contributed by atoms with Gasteiger partial charge in [0.15, 0.2) is 0 Å². The number of carboxylic acid groups (broad SMARTS) is 2. The number of nitrogens with zero attached hydrogens (tertiary/aromatic N) is 1. The van der Waals surface area contributed by atoms with Gasteiger partial charge in [0.2, 0.25) is 0 Å². The predicted octanol–water partition coefficient (Wildman–Crippen LogP) is 5.48. The van der Waals surface area contributed by atoms with Gasteiger partial charge in [-0.2, -0.15) is 0 Å². The first-order chi connectivity index (χ1) is 18.0. The summed E-state index contributed by atoms with van der Waals surface area (Å²) in [4.78, 5) is 26.7. The molecule has 8 heteroatoms. The van der Waals surface area contributed by atoms with E-state index in [1.165, 1.54) is 122 Å². The number of H-pyrrole nitrogens is 1. The first-order valence-corrected chi connectivity index (χ1v) is 14.7. The minimum atomic E-state index is -1.34. The number of rotatable bonds is 24. The van der Waals surface area contributed by atoms with Gasteiger partial charge < -0.3 is 29.9 Å². The zero-order valence-corrected chi connectivity index (χ0v) is 24.8. The number of hydrogen-bond donors (Lipinski definition) is 2. The Kier molecular flexibility index (Phi) is 30.3. The van der Waals surface area contributed by atoms with Crippen molar-refractivity contribution in [3.8, 4) is 0 Å². The third-order valence-corrected chi connectivity index (χ3v) is 6.51. The summed E-state index contributed by atoms with van der Waals surface area (Å²) in [5.74, 6) is -2.56. The number of aliphatic hydroxyl groups excluding tert-OH is 1. The van der Waals surface area contributed by atoms with Gasteiger partial charge in [-0.05, 0) is 18.6 Å². The Bertz CT molecular complexity index is 668. The van der Waals surface area contributed by atoms with E-state index < -0.39 is 18.0 Å². The average molecular weight is 576 g/mol. The van der Waals surface area contributed by atoms with E-state index in [-0.39, 0.29) is 17.1 Å². The molecule has 0 spiro atoms. The predicted molar refractivity (Wildman–Crippen MR) is 146 cm³/mol. The molecule has 1 unspecified atom stereocenters. The van der Waals surface area contributed by atoms with Crippen molar-refractivity contribution in [3.05, 3.63) is 24.3 Å². The van der Waals surface area contributed by atoms with Crippen LogP contribution in [0.25, 0.3) is 6.08 Å². The monoisotopic (exact) mass is 575 g/mol. The number of carbonyl (C=O) groups is 2. The largest absolute Gasteiger partial charge is 2.00 e. The number of aliphatic carboxylic acids is 2. The molecule has 1 aromatic heterocycles. The topological polar surface area (TPSA) is 129 Å². The molecule has 0 amide bonds. The number of carbonyl (C=O) groups excluding carboxylic acids is 2. The maximum absolute atomic E-state index is 10.4. The van der Waals surface area contributed by atoms with Crippen LogP contribution in [0.5, 0.6) is 0 Å². The molecule has 1 heterocycles. The molecule has 0 saturated heterocycles. The molecule has 0 aromatic carbocycles. The summed E-state index contributed by atoms with van der Waals surface area (Å²) >= 11 is 0. The molecule has 219 valence electrons. The minimum absolute atomic E-state index is 0. The molecular weight excluding hydrogens is 523 g/mol. The molecule has 0 aliphatic heterocycles. The zero-order valence-electron chi connectivity index (χ0n) is 23.6. The molecule has 0 aliphatic carbocycles. The first-order valence-electron chi connectivity index (χ1n) is 14.7. The van der Waals surface area contributed by atoms with Crippen molar-refractivity contribution in [3.63, 3.8) is 0 Å². The van der Waals surface area contributed by atoms with Crippen LogP contribution < -0.4 is 10.2 Å². The van der Waals surface area contributed by atoms with Crippen LogP contribution in [0.3, 0.4) is 0 Å². The van der Waals surface area contributed by atoms with Gasteiger partial charge in [0.05, 0.1) is 30.1 Å². The van der Waals surface area contributed by atoms with E-state index in [0.29, 0.717) is 12.1 Å². The van der Waals surface area contributed by atoms with Crippen LogP contribution in [0.1, 0.15) is 147 Å². The second-order valence-corrected chi connectivity index (χ2v) is 9.99. The molecule has 1 radical (unpaired) electrons. The minimum Gasteiger partial charge on any atom is -0.547 e. The fourth-order valence-electron chi connectivity index (χ4n) is 4.23. The smallest absolute Gasteiger partial charge is 0.547 e. The third-order valence-electron chi connectivity index (χ3n) is 6.51. The summed E-state index contributed by atoms with van der Waals surface area (Å²) in [5, 5.41) is 29.3. The molecule has 38 heavy (non-hydrogen) atoms. The summed E-state index contributed by atoms with van der Waals surface area (Å²) in [7, 11) is 0. The van der Waals surface area contributed by atoms with Crippen LogP contribution in [0.2, 0.25) is 0 Å². The van der Waals surface area contributed by atoms with Crippen molar-refractivity contribution in [1.82, 2.24) is 9.97 Å². The number of imidazole rings is 1. The molecule has 0 bridgehead atoms. The van der Waals surface area contributed by atoms with Gasteiger partial charge in [0.1, 0.15) is 0 Å². The molecule has 0 aliphatic rings. The van der Waals surface area contributed by atoms with Gasteiger partial charge in [-0.1, -0.05) is 135 Å². The number of aliphatic hydroxyl groups is 1. The van der Waals surface area contributed by atoms with Crippen LogP contribution in [0.4, 0.5) is 0 Å². The van der Waals surface area contributed by atoms with Crippen LogP contribution in [-0.2, 0) is 26.7 Å². The number of unbranched alkanes of at least 4 members (excludes halogenated alkanes) is 19. The quantitative estimate of drug-likeness (QED) is 0.0954. The molecule has 2 N–H and O–H groups in total. The van der Waals surface area contributed by atoms with Crippen LogP contribution in [0.15, 0.2) is 18.6 Å². The second kappa shape index (κ2) is 29.9. The van der Waals surface area contributed by atoms with E-state index in [4.69, 9.17) is 5.11 Å². The standard InChI is InChI=1S/C24H48O3.C6H6N2O2.Mn/c1-2-3-4-5-6-7-8-9-10-11-12-13-14-15-16-17-18-19-20-21-22-23(25)24(26)27;9-6(10)2-1-5-3-7-4-8-5;/h23,25H,2-22H2,1H3,(H,26,27);1-4H,(H,7,8)(H,9,10);/q;;+2/p-2. The third kappa shape index (κ3) is 28.9. The van der Waals surface area contributed by atoms with E-state index in [2.05, 4.69) is 16.9 Å². The van der Waals surface area contributed by atoms with Crippen LogP contribution in [0, 0.1) is 0 Å². The zero-order chi connectivity index (χ0) is 27.4. The Morgan fingerprint density at radius 3 is 1.50 bits per heavy atom. The molecular formula is C30H52MnN2O5. The Hall–Kier alpha value is -1.63. The molecule has 7 nitrogen and oxygen atoms in total. The molecule has 0 saturated carbocycles. The van der Waals surface area contributed by atoms with Gasteiger partial charge in [0, 0.05) is 6.20 Å². The van der Waals surface area contributed by atoms with Crippen molar-refractivity contribution >= 4 is 18.0 Å². The van der Waals surface area contributed by atoms with E-state index in [1.807, 2.05) is 0 Å². The van der Waals surface area contributed by atoms with E-state index in [0.717, 1.165) is 25.3 Å². The average Bonchev–Trinajstić information content (AvgIpc) is 3.40. The fourth-order valence-corrected chi connectivity index (χ4v) is 4.23. The van der Waals surface area contributed by atoms with E-state index in [1.54, 1.807) is 6.20 Å². The van der Waals surface area contributed by atoms with Gasteiger partial charge in [0.25, 0.3) is 0 Å². The normalized spacial score (nSPS) is 11.5. The Morgan fingerprint density at radius 2 is 1.18 bits per heavy atom. The van der Waals surface area contributed by atoms with Gasteiger partial charge in [-0.15, -0.1) is 0 Å². The van der Waals surface area contributed by atoms with Crippen molar-refractivity contribution < 1.29 is 42.0 Å². The van der Waals surface area contributed by atoms with Crippen molar-refractivity contribution in [2.45, 2.75) is 148 Å².